The fourth-order valence-corrected chi connectivity index (χ4v) is 1.49. The average Bonchev–Trinajstić information content (AvgIpc) is 2.14. The molecule has 1 unspecified atom stereocenters. The molecule has 1 heterocycles. The van der Waals surface area contributed by atoms with E-state index in [4.69, 9.17) is 0 Å². The average molecular weight is 132 g/mol. The van der Waals surface area contributed by atoms with E-state index in [0.29, 0.717) is 4.71 Å². The van der Waals surface area contributed by atoms with Gasteiger partial charge in [-0.15, -0.1) is 11.8 Å². The van der Waals surface area contributed by atoms with Crippen molar-refractivity contribution in [3.05, 3.63) is 17.9 Å². The van der Waals surface area contributed by atoms with Crippen LogP contribution in [0.3, 0.4) is 0 Å². The van der Waals surface area contributed by atoms with Crippen LogP contribution in [-0.4, -0.2) is 4.71 Å². The molecule has 0 saturated carbocycles. The summed E-state index contributed by atoms with van der Waals surface area (Å²) in [4.78, 5) is 0. The lowest BCUT2D eigenvalue weighted by atomic mass is 11.0. The van der Waals surface area contributed by atoms with E-state index in [0.717, 1.165) is 0 Å². The Bertz CT molecular complexity index is 73.8. The standard InChI is InChI=1S/C4H6NS2/c1-6-4-5-2-3-7-4/h2-5H,1H2. The molecule has 0 aliphatic carbocycles. The van der Waals surface area contributed by atoms with Crippen LogP contribution in [0.2, 0.25) is 0 Å². The van der Waals surface area contributed by atoms with Gasteiger partial charge in [0.25, 0.3) is 0 Å². The highest BCUT2D eigenvalue weighted by Crippen LogP contribution is 2.24. The van der Waals surface area contributed by atoms with Crippen molar-refractivity contribution in [3.8, 4) is 0 Å². The topological polar surface area (TPSA) is 12.0 Å². The van der Waals surface area contributed by atoms with E-state index in [1.807, 2.05) is 11.6 Å². The predicted molar refractivity (Wildman–Crippen MR) is 36.6 cm³/mol. The van der Waals surface area contributed by atoms with Crippen LogP contribution < -0.4 is 5.32 Å². The van der Waals surface area contributed by atoms with Crippen molar-refractivity contribution in [2.24, 2.45) is 0 Å². The largest absolute Gasteiger partial charge is 0.370 e. The van der Waals surface area contributed by atoms with E-state index in [9.17, 15) is 0 Å². The first-order valence-corrected chi connectivity index (χ1v) is 3.90. The third-order valence-corrected chi connectivity index (χ3v) is 2.51. The summed E-state index contributed by atoms with van der Waals surface area (Å²) in [6, 6.07) is 0. The third kappa shape index (κ3) is 1.31. The van der Waals surface area contributed by atoms with Crippen LogP contribution >= 0.6 is 23.5 Å². The summed E-state index contributed by atoms with van der Waals surface area (Å²) in [6.07, 6.45) is 5.60. The fraction of sp³-hybridized carbons (Fsp3) is 0.250. The summed E-state index contributed by atoms with van der Waals surface area (Å²) in [6.45, 7) is 0. The molecule has 7 heavy (non-hydrogen) atoms. The molecule has 0 saturated heterocycles. The highest BCUT2D eigenvalue weighted by molar-refractivity contribution is 8.18. The second-order valence-electron chi connectivity index (χ2n) is 1.10. The zero-order valence-electron chi connectivity index (χ0n) is 3.76. The highest BCUT2D eigenvalue weighted by Gasteiger charge is 2.04. The van der Waals surface area contributed by atoms with Gasteiger partial charge in [0.1, 0.15) is 4.71 Å². The Hall–Kier alpha value is 0.240. The molecule has 39 valence electrons. The van der Waals surface area contributed by atoms with E-state index < -0.39 is 0 Å². The first-order valence-electron chi connectivity index (χ1n) is 1.91. The van der Waals surface area contributed by atoms with Gasteiger partial charge in [0.15, 0.2) is 0 Å². The Balaban J connectivity index is 2.22. The van der Waals surface area contributed by atoms with Crippen molar-refractivity contribution < 1.29 is 0 Å². The molecule has 1 rings (SSSR count). The molecule has 0 amide bonds. The maximum Gasteiger partial charge on any atom is 0.123 e. The van der Waals surface area contributed by atoms with E-state index in [-0.39, 0.29) is 0 Å². The van der Waals surface area contributed by atoms with Gasteiger partial charge in [0.2, 0.25) is 0 Å². The van der Waals surface area contributed by atoms with Crippen LogP contribution in [0.1, 0.15) is 0 Å². The van der Waals surface area contributed by atoms with Crippen molar-refractivity contribution in [2.45, 2.75) is 4.71 Å². The predicted octanol–water partition coefficient (Wildman–Crippen LogP) is 1.60. The molecule has 0 spiro atoms. The van der Waals surface area contributed by atoms with Gasteiger partial charge in [-0.05, 0) is 5.41 Å². The van der Waals surface area contributed by atoms with Gasteiger partial charge in [-0.25, -0.2) is 0 Å². The van der Waals surface area contributed by atoms with Crippen molar-refractivity contribution >= 4 is 23.5 Å². The van der Waals surface area contributed by atoms with Gasteiger partial charge in [-0.2, -0.15) is 0 Å². The second kappa shape index (κ2) is 2.52. The molecule has 0 bridgehead atoms. The van der Waals surface area contributed by atoms with Gasteiger partial charge in [-0.1, -0.05) is 11.8 Å². The Morgan fingerprint density at radius 3 is 3.00 bits per heavy atom. The highest BCUT2D eigenvalue weighted by atomic mass is 32.2. The van der Waals surface area contributed by atoms with E-state index in [1.165, 1.54) is 0 Å². The lowest BCUT2D eigenvalue weighted by molar-refractivity contribution is 1.03. The summed E-state index contributed by atoms with van der Waals surface area (Å²) >= 11 is 3.32. The number of hydrogen-bond acceptors (Lipinski definition) is 3. The van der Waals surface area contributed by atoms with Crippen molar-refractivity contribution in [1.82, 2.24) is 5.32 Å². The Morgan fingerprint density at radius 2 is 2.71 bits per heavy atom. The fourth-order valence-electron chi connectivity index (χ4n) is 0.355. The number of nitrogens with one attached hydrogen (secondary N) is 1. The third-order valence-electron chi connectivity index (χ3n) is 0.654. The normalized spacial score (nSPS) is 27.9. The molecule has 1 N–H and O–H groups in total. The quantitative estimate of drug-likeness (QED) is 0.582. The minimum Gasteiger partial charge on any atom is -0.370 e. The molecule has 1 aliphatic rings. The van der Waals surface area contributed by atoms with Gasteiger partial charge in [-0.3, -0.25) is 0 Å². The Kier molecular flexibility index (Phi) is 1.94. The summed E-state index contributed by atoms with van der Waals surface area (Å²) in [5, 5.41) is 5.12. The number of rotatable bonds is 1. The van der Waals surface area contributed by atoms with Crippen LogP contribution in [0.4, 0.5) is 0 Å². The van der Waals surface area contributed by atoms with E-state index in [1.54, 1.807) is 23.5 Å². The molecule has 0 fully saturated rings. The smallest absolute Gasteiger partial charge is 0.123 e. The SMILES string of the molecule is [CH2]SC1NC=CS1. The zero-order chi connectivity index (χ0) is 5.11. The Labute approximate surface area is 51.9 Å². The zero-order valence-corrected chi connectivity index (χ0v) is 5.39. The van der Waals surface area contributed by atoms with Crippen LogP contribution in [0.5, 0.6) is 0 Å². The van der Waals surface area contributed by atoms with Crippen molar-refractivity contribution in [2.75, 3.05) is 0 Å². The minimum atomic E-state index is 0.458. The first kappa shape index (κ1) is 5.38. The molecule has 3 heteroatoms. The van der Waals surface area contributed by atoms with E-state index >= 15 is 0 Å². The molecule has 1 nitrogen and oxygen atoms in total. The molecular formula is C4H6NS2. The molecule has 1 aliphatic heterocycles. The van der Waals surface area contributed by atoms with Crippen LogP contribution in [0.25, 0.3) is 0 Å². The molecule has 1 atom stereocenters. The first-order chi connectivity index (χ1) is 3.43. The molecular weight excluding hydrogens is 126 g/mol. The molecule has 1 radical (unpaired) electrons. The molecule has 0 aromatic carbocycles. The van der Waals surface area contributed by atoms with Crippen molar-refractivity contribution in [1.29, 1.82) is 0 Å². The van der Waals surface area contributed by atoms with Crippen LogP contribution in [-0.2, 0) is 0 Å². The number of thioether (sulfide) groups is 2. The lowest BCUT2D eigenvalue weighted by Crippen LogP contribution is -2.09. The van der Waals surface area contributed by atoms with Gasteiger partial charge in [0.05, 0.1) is 0 Å². The molecule has 0 aromatic rings. The molecule has 0 aromatic heterocycles. The monoisotopic (exact) mass is 132 g/mol. The minimum absolute atomic E-state index is 0.458. The summed E-state index contributed by atoms with van der Waals surface area (Å²) in [5.41, 5.74) is 0. The maximum absolute atomic E-state index is 3.66. The second-order valence-corrected chi connectivity index (χ2v) is 3.22. The van der Waals surface area contributed by atoms with Gasteiger partial charge < -0.3 is 5.32 Å². The van der Waals surface area contributed by atoms with Gasteiger partial charge >= 0.3 is 0 Å². The van der Waals surface area contributed by atoms with E-state index in [2.05, 4.69) is 11.6 Å². The summed E-state index contributed by atoms with van der Waals surface area (Å²) in [5.74, 6) is 0. The van der Waals surface area contributed by atoms with Crippen molar-refractivity contribution in [3.63, 3.8) is 0 Å². The summed E-state index contributed by atoms with van der Waals surface area (Å²) in [7, 11) is 0. The van der Waals surface area contributed by atoms with Crippen LogP contribution in [0, 0.1) is 6.26 Å². The maximum atomic E-state index is 3.66. The van der Waals surface area contributed by atoms with Gasteiger partial charge in [0, 0.05) is 12.5 Å². The summed E-state index contributed by atoms with van der Waals surface area (Å²) < 4.78 is 0.458. The Morgan fingerprint density at radius 1 is 1.86 bits per heavy atom. The lowest BCUT2D eigenvalue weighted by Gasteiger charge is -2.02. The van der Waals surface area contributed by atoms with Crippen LogP contribution in [0.15, 0.2) is 11.6 Å². The number of hydrogen-bond donors (Lipinski definition) is 1.